The number of hydrogen-bond donors (Lipinski definition) is 1. The Labute approximate surface area is 166 Å². The third-order valence-electron chi connectivity index (χ3n) is 3.98. The van der Waals surface area contributed by atoms with Crippen molar-refractivity contribution in [1.82, 2.24) is 4.98 Å². The van der Waals surface area contributed by atoms with Crippen LogP contribution in [0.1, 0.15) is 23.8 Å². The summed E-state index contributed by atoms with van der Waals surface area (Å²) in [6.45, 7) is 6.63. The monoisotopic (exact) mass is 403 g/mol. The largest absolute Gasteiger partial charge is 0.451 e. The van der Waals surface area contributed by atoms with E-state index in [0.29, 0.717) is 23.5 Å². The predicted octanol–water partition coefficient (Wildman–Crippen LogP) is 3.82. The van der Waals surface area contributed by atoms with Crippen LogP contribution in [0.15, 0.2) is 47.2 Å². The van der Waals surface area contributed by atoms with Crippen LogP contribution in [-0.2, 0) is 9.53 Å². The summed E-state index contributed by atoms with van der Waals surface area (Å²) in [4.78, 5) is 31.8. The molecule has 0 bridgehead atoms. The molecule has 1 aliphatic rings. The number of fused-ring (bicyclic) bond motifs is 1. The first-order valence-corrected chi connectivity index (χ1v) is 10.4. The first-order valence-electron chi connectivity index (χ1n) is 8.62. The number of carbonyl (C=O) groups is 2. The Morgan fingerprint density at radius 1 is 1.44 bits per heavy atom. The van der Waals surface area contributed by atoms with Gasteiger partial charge in [-0.15, -0.1) is 29.7 Å². The number of amides is 1. The Hall–Kier alpha value is -2.32. The number of aromatic nitrogens is 1. The Morgan fingerprint density at radius 3 is 3.07 bits per heavy atom. The van der Waals surface area contributed by atoms with Crippen LogP contribution in [0.3, 0.4) is 0 Å². The number of ether oxygens (including phenoxy) is 1. The molecule has 0 saturated heterocycles. The molecule has 0 radical (unpaired) electrons. The van der Waals surface area contributed by atoms with E-state index in [9.17, 15) is 9.59 Å². The molecular weight excluding hydrogens is 382 g/mol. The molecule has 2 aromatic rings. The maximum absolute atomic E-state index is 12.7. The SMILES string of the molecule is C=CCNc1nc(C(=O)OCC(=O)N2CCC(C)Sc3ccccc32)cs1. The van der Waals surface area contributed by atoms with E-state index in [2.05, 4.69) is 23.8 Å². The van der Waals surface area contributed by atoms with Gasteiger partial charge in [0.05, 0.1) is 5.69 Å². The molecular formula is C19H21N3O3S2. The molecule has 0 aliphatic carbocycles. The molecule has 1 atom stereocenters. The van der Waals surface area contributed by atoms with Gasteiger partial charge in [0.25, 0.3) is 5.91 Å². The van der Waals surface area contributed by atoms with E-state index >= 15 is 0 Å². The lowest BCUT2D eigenvalue weighted by molar-refractivity contribution is -0.121. The zero-order valence-electron chi connectivity index (χ0n) is 15.0. The summed E-state index contributed by atoms with van der Waals surface area (Å²) in [5.74, 6) is -0.831. The summed E-state index contributed by atoms with van der Waals surface area (Å²) in [6.07, 6.45) is 2.58. The summed E-state index contributed by atoms with van der Waals surface area (Å²) < 4.78 is 5.20. The van der Waals surface area contributed by atoms with E-state index in [-0.39, 0.29) is 18.2 Å². The average molecular weight is 404 g/mol. The predicted molar refractivity (Wildman–Crippen MR) is 110 cm³/mol. The number of benzene rings is 1. The second-order valence-corrected chi connectivity index (χ2v) is 8.35. The topological polar surface area (TPSA) is 71.5 Å². The average Bonchev–Trinajstić information content (AvgIpc) is 3.07. The van der Waals surface area contributed by atoms with Crippen LogP contribution in [0.4, 0.5) is 10.8 Å². The summed E-state index contributed by atoms with van der Waals surface area (Å²) in [7, 11) is 0. The van der Waals surface area contributed by atoms with Crippen LogP contribution >= 0.6 is 23.1 Å². The van der Waals surface area contributed by atoms with Crippen LogP contribution in [0.5, 0.6) is 0 Å². The highest BCUT2D eigenvalue weighted by atomic mass is 32.2. The molecule has 8 heteroatoms. The molecule has 1 unspecified atom stereocenters. The van der Waals surface area contributed by atoms with Gasteiger partial charge in [-0.1, -0.05) is 25.1 Å². The minimum absolute atomic E-state index is 0.194. The van der Waals surface area contributed by atoms with Gasteiger partial charge in [0.2, 0.25) is 0 Å². The molecule has 2 heterocycles. The van der Waals surface area contributed by atoms with E-state index in [1.54, 1.807) is 28.1 Å². The lowest BCUT2D eigenvalue weighted by atomic mass is 10.2. The number of thiazole rings is 1. The smallest absolute Gasteiger partial charge is 0.358 e. The summed E-state index contributed by atoms with van der Waals surface area (Å²) >= 11 is 3.06. The maximum Gasteiger partial charge on any atom is 0.358 e. The lowest BCUT2D eigenvalue weighted by Gasteiger charge is -2.22. The van der Waals surface area contributed by atoms with Gasteiger partial charge in [-0.3, -0.25) is 4.79 Å². The Balaban J connectivity index is 1.62. The first-order chi connectivity index (χ1) is 13.1. The van der Waals surface area contributed by atoms with Crippen LogP contribution in [0.2, 0.25) is 0 Å². The van der Waals surface area contributed by atoms with Gasteiger partial charge < -0.3 is 15.0 Å². The molecule has 27 heavy (non-hydrogen) atoms. The van der Waals surface area contributed by atoms with Crippen molar-refractivity contribution < 1.29 is 14.3 Å². The van der Waals surface area contributed by atoms with Crippen molar-refractivity contribution in [1.29, 1.82) is 0 Å². The minimum Gasteiger partial charge on any atom is -0.451 e. The summed E-state index contributed by atoms with van der Waals surface area (Å²) in [5, 5.41) is 5.65. The van der Waals surface area contributed by atoms with Crippen LogP contribution in [0.25, 0.3) is 0 Å². The summed E-state index contributed by atoms with van der Waals surface area (Å²) in [6, 6.07) is 7.82. The molecule has 1 aromatic heterocycles. The maximum atomic E-state index is 12.7. The quantitative estimate of drug-likeness (QED) is 0.584. The zero-order chi connectivity index (χ0) is 19.2. The molecule has 0 fully saturated rings. The van der Waals surface area contributed by atoms with Gasteiger partial charge in [-0.2, -0.15) is 0 Å². The van der Waals surface area contributed by atoms with Crippen molar-refractivity contribution in [3.05, 3.63) is 48.0 Å². The minimum atomic E-state index is -0.600. The van der Waals surface area contributed by atoms with E-state index in [4.69, 9.17) is 4.74 Å². The Morgan fingerprint density at radius 2 is 2.26 bits per heavy atom. The van der Waals surface area contributed by atoms with Gasteiger partial charge >= 0.3 is 5.97 Å². The van der Waals surface area contributed by atoms with Crippen molar-refractivity contribution >= 4 is 45.8 Å². The van der Waals surface area contributed by atoms with Crippen LogP contribution in [0, 0.1) is 0 Å². The third-order valence-corrected chi connectivity index (χ3v) is 6.02. The number of nitrogens with zero attached hydrogens (tertiary/aromatic N) is 2. The fourth-order valence-electron chi connectivity index (χ4n) is 2.63. The zero-order valence-corrected chi connectivity index (χ0v) is 16.6. The molecule has 6 nitrogen and oxygen atoms in total. The number of para-hydroxylation sites is 1. The van der Waals surface area contributed by atoms with Crippen LogP contribution in [-0.4, -0.2) is 41.8 Å². The van der Waals surface area contributed by atoms with Crippen molar-refractivity contribution in [2.24, 2.45) is 0 Å². The number of esters is 1. The molecule has 1 amide bonds. The normalized spacial score (nSPS) is 16.2. The molecule has 0 spiro atoms. The van der Waals surface area contributed by atoms with E-state index in [1.165, 1.54) is 11.3 Å². The first kappa shape index (κ1) is 19.4. The number of hydrogen-bond acceptors (Lipinski definition) is 7. The van der Waals surface area contributed by atoms with Crippen molar-refractivity contribution in [2.45, 2.75) is 23.5 Å². The Kier molecular flexibility index (Phi) is 6.52. The van der Waals surface area contributed by atoms with Crippen molar-refractivity contribution in [3.8, 4) is 0 Å². The van der Waals surface area contributed by atoms with Gasteiger partial charge in [0.1, 0.15) is 0 Å². The Bertz CT molecular complexity index is 837. The second kappa shape index (κ2) is 9.05. The molecule has 142 valence electrons. The van der Waals surface area contributed by atoms with Gasteiger partial charge in [0, 0.05) is 28.6 Å². The fraction of sp³-hybridized carbons (Fsp3) is 0.316. The van der Waals surface area contributed by atoms with Gasteiger partial charge in [0.15, 0.2) is 17.4 Å². The van der Waals surface area contributed by atoms with Crippen molar-refractivity contribution in [3.63, 3.8) is 0 Å². The van der Waals surface area contributed by atoms with Gasteiger partial charge in [-0.05, 0) is 18.6 Å². The molecule has 1 N–H and O–H groups in total. The van der Waals surface area contributed by atoms with Crippen molar-refractivity contribution in [2.75, 3.05) is 29.9 Å². The highest BCUT2D eigenvalue weighted by Crippen LogP contribution is 2.37. The fourth-order valence-corrected chi connectivity index (χ4v) is 4.44. The van der Waals surface area contributed by atoms with E-state index in [1.807, 2.05) is 24.3 Å². The number of anilines is 2. The highest BCUT2D eigenvalue weighted by molar-refractivity contribution is 8.00. The lowest BCUT2D eigenvalue weighted by Crippen LogP contribution is -2.35. The molecule has 3 rings (SSSR count). The van der Waals surface area contributed by atoms with Gasteiger partial charge in [-0.25, -0.2) is 9.78 Å². The summed E-state index contributed by atoms with van der Waals surface area (Å²) in [5.41, 5.74) is 1.07. The number of carbonyl (C=O) groups excluding carboxylic acids is 2. The molecule has 1 aliphatic heterocycles. The van der Waals surface area contributed by atoms with Crippen LogP contribution < -0.4 is 10.2 Å². The second-order valence-electron chi connectivity index (χ2n) is 6.01. The molecule has 1 aromatic carbocycles. The molecule has 0 saturated carbocycles. The number of rotatable bonds is 6. The number of thioether (sulfide) groups is 1. The third kappa shape index (κ3) is 4.90. The van der Waals surface area contributed by atoms with E-state index < -0.39 is 5.97 Å². The standard InChI is InChI=1S/C19H21N3O3S2/c1-3-9-20-19-21-14(12-26-19)18(24)25-11-17(23)22-10-8-13(2)27-16-7-5-4-6-15(16)22/h3-7,12-13H,1,8-11H2,2H3,(H,20,21). The number of nitrogens with one attached hydrogen (secondary N) is 1. The van der Waals surface area contributed by atoms with E-state index in [0.717, 1.165) is 17.0 Å². The highest BCUT2D eigenvalue weighted by Gasteiger charge is 2.25.